The Kier molecular flexibility index (Phi) is 5.91. The lowest BCUT2D eigenvalue weighted by molar-refractivity contribution is 0.145. The van der Waals surface area contributed by atoms with E-state index in [9.17, 15) is 8.78 Å². The maximum Gasteiger partial charge on any atom is 0.282 e. The third-order valence-corrected chi connectivity index (χ3v) is 4.87. The van der Waals surface area contributed by atoms with E-state index >= 15 is 0 Å². The van der Waals surface area contributed by atoms with Gasteiger partial charge in [0.05, 0.1) is 17.2 Å². The predicted octanol–water partition coefficient (Wildman–Crippen LogP) is 6.42. The summed E-state index contributed by atoms with van der Waals surface area (Å²) in [7, 11) is 3.14. The summed E-state index contributed by atoms with van der Waals surface area (Å²) < 4.78 is 33.2. The Balaban J connectivity index is 2.02. The molecule has 8 heteroatoms. The monoisotopic (exact) mass is 423 g/mol. The highest BCUT2D eigenvalue weighted by Crippen LogP contribution is 2.37. The van der Waals surface area contributed by atoms with Crippen LogP contribution >= 0.6 is 23.2 Å². The van der Waals surface area contributed by atoms with Crippen LogP contribution in [0.15, 0.2) is 49.2 Å². The molecule has 3 aromatic rings. The van der Waals surface area contributed by atoms with Crippen LogP contribution in [0.1, 0.15) is 17.7 Å². The Hall–Kier alpha value is -2.57. The maximum atomic E-state index is 13.3. The van der Waals surface area contributed by atoms with E-state index in [1.165, 1.54) is 10.9 Å². The van der Waals surface area contributed by atoms with Crippen molar-refractivity contribution in [3.05, 3.63) is 70.5 Å². The molecular weight excluding hydrogens is 407 g/mol. The van der Waals surface area contributed by atoms with Crippen LogP contribution in [-0.2, 0) is 7.05 Å². The second-order valence-electron chi connectivity index (χ2n) is 6.05. The molecule has 0 saturated carbocycles. The maximum absolute atomic E-state index is 13.3. The van der Waals surface area contributed by atoms with Crippen LogP contribution in [0.2, 0.25) is 10.0 Å². The predicted molar refractivity (Wildman–Crippen MR) is 109 cm³/mol. The molecule has 146 valence electrons. The van der Waals surface area contributed by atoms with Crippen LogP contribution in [-0.4, -0.2) is 16.9 Å². The number of nitrogens with zero attached hydrogens (tertiary/aromatic N) is 2. The highest BCUT2D eigenvalue weighted by molar-refractivity contribution is 6.42. The summed E-state index contributed by atoms with van der Waals surface area (Å²) in [6.45, 7) is 3.91. The molecular formula is C20H17Cl2F2N3O. The lowest BCUT2D eigenvalue weighted by Gasteiger charge is -2.16. The first-order valence-electron chi connectivity index (χ1n) is 8.21. The van der Waals surface area contributed by atoms with Crippen molar-refractivity contribution < 1.29 is 13.5 Å². The van der Waals surface area contributed by atoms with Gasteiger partial charge in [-0.15, -0.1) is 0 Å². The molecule has 4 nitrogen and oxygen atoms in total. The molecule has 1 aromatic heterocycles. The zero-order valence-electron chi connectivity index (χ0n) is 15.1. The molecule has 0 atom stereocenters. The van der Waals surface area contributed by atoms with Gasteiger partial charge in [0.2, 0.25) is 0 Å². The fraction of sp³-hybridized carbons (Fsp3) is 0.150. The summed E-state index contributed by atoms with van der Waals surface area (Å²) in [5, 5.41) is 7.76. The average Bonchev–Trinajstić information content (AvgIpc) is 3.06. The topological polar surface area (TPSA) is 39.1 Å². The van der Waals surface area contributed by atoms with E-state index in [1.807, 2.05) is 12.1 Å². The van der Waals surface area contributed by atoms with Gasteiger partial charge in [-0.25, -0.2) is 8.78 Å². The van der Waals surface area contributed by atoms with Gasteiger partial charge in [0.25, 0.3) is 6.43 Å². The highest BCUT2D eigenvalue weighted by Gasteiger charge is 2.20. The van der Waals surface area contributed by atoms with Crippen LogP contribution in [0, 0.1) is 0 Å². The molecule has 0 unspecified atom stereocenters. The molecule has 2 aromatic carbocycles. The molecule has 28 heavy (non-hydrogen) atoms. The number of aromatic nitrogens is 2. The lowest BCUT2D eigenvalue weighted by atomic mass is 10.0. The van der Waals surface area contributed by atoms with E-state index in [0.717, 1.165) is 11.1 Å². The van der Waals surface area contributed by atoms with Crippen molar-refractivity contribution in [1.82, 2.24) is 9.78 Å². The SMILES string of the molecule is C=C(Nc1ccc(OC)cc1-c1ccc(Cl)c(Cl)c1)c1cn(C)nc1C(F)F. The molecule has 0 fully saturated rings. The first-order chi connectivity index (χ1) is 13.3. The zero-order valence-corrected chi connectivity index (χ0v) is 16.7. The number of hydrogen-bond acceptors (Lipinski definition) is 3. The molecule has 0 saturated heterocycles. The van der Waals surface area contributed by atoms with Gasteiger partial charge in [0, 0.05) is 35.8 Å². The third-order valence-electron chi connectivity index (χ3n) is 4.13. The van der Waals surface area contributed by atoms with Gasteiger partial charge in [0.15, 0.2) is 0 Å². The molecule has 0 radical (unpaired) electrons. The Labute approximate surface area is 171 Å². The van der Waals surface area contributed by atoms with Crippen molar-refractivity contribution in [3.8, 4) is 16.9 Å². The second kappa shape index (κ2) is 8.20. The summed E-state index contributed by atoms with van der Waals surface area (Å²) in [5.74, 6) is 0.631. The first-order valence-corrected chi connectivity index (χ1v) is 8.97. The van der Waals surface area contributed by atoms with Crippen LogP contribution in [0.3, 0.4) is 0 Å². The van der Waals surface area contributed by atoms with E-state index in [2.05, 4.69) is 17.0 Å². The Morgan fingerprint density at radius 3 is 2.57 bits per heavy atom. The van der Waals surface area contributed by atoms with E-state index in [4.69, 9.17) is 27.9 Å². The van der Waals surface area contributed by atoms with E-state index in [-0.39, 0.29) is 11.3 Å². The van der Waals surface area contributed by atoms with Crippen molar-refractivity contribution in [2.75, 3.05) is 12.4 Å². The largest absolute Gasteiger partial charge is 0.497 e. The van der Waals surface area contributed by atoms with Crippen molar-refractivity contribution in [2.24, 2.45) is 7.05 Å². The number of rotatable bonds is 6. The quantitative estimate of drug-likeness (QED) is 0.496. The van der Waals surface area contributed by atoms with Gasteiger partial charge < -0.3 is 10.1 Å². The van der Waals surface area contributed by atoms with Crippen molar-refractivity contribution in [2.45, 2.75) is 6.43 Å². The number of hydrogen-bond donors (Lipinski definition) is 1. The summed E-state index contributed by atoms with van der Waals surface area (Å²) in [4.78, 5) is 0. The lowest BCUT2D eigenvalue weighted by Crippen LogP contribution is -2.02. The Morgan fingerprint density at radius 2 is 1.93 bits per heavy atom. The van der Waals surface area contributed by atoms with Gasteiger partial charge in [-0.2, -0.15) is 5.10 Å². The van der Waals surface area contributed by atoms with Crippen molar-refractivity contribution in [3.63, 3.8) is 0 Å². The molecule has 0 amide bonds. The third kappa shape index (κ3) is 4.13. The molecule has 1 N–H and O–H groups in total. The molecule has 1 heterocycles. The van der Waals surface area contributed by atoms with E-state index in [1.54, 1.807) is 38.4 Å². The number of anilines is 1. The molecule has 0 aliphatic heterocycles. The zero-order chi connectivity index (χ0) is 20.4. The Bertz CT molecular complexity index is 1030. The van der Waals surface area contributed by atoms with Crippen molar-refractivity contribution in [1.29, 1.82) is 0 Å². The number of methoxy groups -OCH3 is 1. The van der Waals surface area contributed by atoms with Gasteiger partial charge in [0.1, 0.15) is 11.4 Å². The van der Waals surface area contributed by atoms with E-state index in [0.29, 0.717) is 27.2 Å². The fourth-order valence-corrected chi connectivity index (χ4v) is 3.09. The van der Waals surface area contributed by atoms with Gasteiger partial charge in [-0.05, 0) is 35.9 Å². The summed E-state index contributed by atoms with van der Waals surface area (Å²) in [5.41, 5.74) is 2.39. The molecule has 3 rings (SSSR count). The molecule has 0 spiro atoms. The minimum Gasteiger partial charge on any atom is -0.497 e. The normalized spacial score (nSPS) is 11.0. The number of nitrogens with one attached hydrogen (secondary N) is 1. The average molecular weight is 424 g/mol. The minimum absolute atomic E-state index is 0.244. The number of benzene rings is 2. The molecule has 0 bridgehead atoms. The van der Waals surface area contributed by atoms with E-state index < -0.39 is 6.43 Å². The molecule has 0 aliphatic carbocycles. The number of aryl methyl sites for hydroxylation is 1. The highest BCUT2D eigenvalue weighted by atomic mass is 35.5. The smallest absolute Gasteiger partial charge is 0.282 e. The van der Waals surface area contributed by atoms with Crippen LogP contribution < -0.4 is 10.1 Å². The summed E-state index contributed by atoms with van der Waals surface area (Å²) in [6, 6.07) is 10.6. The van der Waals surface area contributed by atoms with Crippen LogP contribution in [0.4, 0.5) is 14.5 Å². The number of alkyl halides is 2. The first kappa shape index (κ1) is 20.2. The molecule has 0 aliphatic rings. The fourth-order valence-electron chi connectivity index (χ4n) is 2.79. The van der Waals surface area contributed by atoms with Crippen molar-refractivity contribution >= 4 is 34.6 Å². The summed E-state index contributed by atoms with van der Waals surface area (Å²) >= 11 is 12.2. The van der Waals surface area contributed by atoms with Gasteiger partial charge in [-0.1, -0.05) is 35.8 Å². The standard InChI is InChI=1S/C20H17Cl2F2N3O/c1-11(15-10-27(2)26-19(15)20(23)24)25-18-7-5-13(28-3)9-14(18)12-4-6-16(21)17(22)8-12/h4-10,20,25H,1H2,2-3H3. The number of ether oxygens (including phenoxy) is 1. The van der Waals surface area contributed by atoms with Crippen LogP contribution in [0.5, 0.6) is 5.75 Å². The van der Waals surface area contributed by atoms with Crippen LogP contribution in [0.25, 0.3) is 16.8 Å². The second-order valence-corrected chi connectivity index (χ2v) is 6.86. The number of halogens is 4. The van der Waals surface area contributed by atoms with Gasteiger partial charge in [-0.3, -0.25) is 4.68 Å². The van der Waals surface area contributed by atoms with Gasteiger partial charge >= 0.3 is 0 Å². The minimum atomic E-state index is -2.71. The Morgan fingerprint density at radius 1 is 1.18 bits per heavy atom. The summed E-state index contributed by atoms with van der Waals surface area (Å²) in [6.07, 6.45) is -1.21.